The lowest BCUT2D eigenvalue weighted by Gasteiger charge is -2.16. The lowest BCUT2D eigenvalue weighted by atomic mass is 10.0. The van der Waals surface area contributed by atoms with Gasteiger partial charge in [0.1, 0.15) is 0 Å². The van der Waals surface area contributed by atoms with E-state index in [0.29, 0.717) is 28.4 Å². The predicted octanol–water partition coefficient (Wildman–Crippen LogP) is 4.20. The summed E-state index contributed by atoms with van der Waals surface area (Å²) < 4.78 is 41.3. The quantitative estimate of drug-likeness (QED) is 0.547. The lowest BCUT2D eigenvalue weighted by Crippen LogP contribution is -2.15. The molecule has 0 spiro atoms. The second-order valence-corrected chi connectivity index (χ2v) is 7.32. The zero-order valence-corrected chi connectivity index (χ0v) is 14.6. The molecule has 2 aromatic heterocycles. The number of allylic oxidation sites excluding steroid dienone is 2. The molecule has 2 aliphatic carbocycles. The molecule has 5 rings (SSSR count). The summed E-state index contributed by atoms with van der Waals surface area (Å²) in [5, 5.41) is 21.4. The summed E-state index contributed by atoms with van der Waals surface area (Å²) in [6, 6.07) is 3.19. The van der Waals surface area contributed by atoms with Crippen LogP contribution in [0.2, 0.25) is 0 Å². The SMILES string of the molecule is Cc1c(-n2c(O)c3c(c2O)C2C=CC3C2)ccc2c(C(F)(F)F)cc(=O)[nH]c12. The van der Waals surface area contributed by atoms with Gasteiger partial charge in [0.05, 0.1) is 16.8 Å². The first kappa shape index (κ1) is 17.0. The van der Waals surface area contributed by atoms with Gasteiger partial charge in [-0.3, -0.25) is 9.36 Å². The summed E-state index contributed by atoms with van der Waals surface area (Å²) in [6.45, 7) is 1.55. The van der Waals surface area contributed by atoms with E-state index >= 15 is 0 Å². The van der Waals surface area contributed by atoms with Crippen molar-refractivity contribution in [3.8, 4) is 17.4 Å². The number of alkyl halides is 3. The minimum absolute atomic E-state index is 0.0181. The molecule has 0 aliphatic heterocycles. The average Bonchev–Trinajstić information content (AvgIpc) is 3.29. The van der Waals surface area contributed by atoms with E-state index in [-0.39, 0.29) is 34.5 Å². The minimum atomic E-state index is -4.68. The van der Waals surface area contributed by atoms with Crippen LogP contribution in [0, 0.1) is 6.92 Å². The average molecular weight is 388 g/mol. The van der Waals surface area contributed by atoms with Crippen molar-refractivity contribution in [1.82, 2.24) is 9.55 Å². The van der Waals surface area contributed by atoms with Crippen LogP contribution in [-0.4, -0.2) is 19.8 Å². The molecule has 0 radical (unpaired) electrons. The summed E-state index contributed by atoms with van der Waals surface area (Å²) in [5.41, 5.74) is 0.0686. The topological polar surface area (TPSA) is 78.2 Å². The van der Waals surface area contributed by atoms with Crippen molar-refractivity contribution in [1.29, 1.82) is 0 Å². The Labute approximate surface area is 156 Å². The Morgan fingerprint density at radius 2 is 1.71 bits per heavy atom. The smallest absolute Gasteiger partial charge is 0.417 e. The monoisotopic (exact) mass is 388 g/mol. The molecule has 144 valence electrons. The van der Waals surface area contributed by atoms with Crippen LogP contribution < -0.4 is 5.56 Å². The van der Waals surface area contributed by atoms with E-state index in [1.807, 2.05) is 12.2 Å². The molecule has 3 N–H and O–H groups in total. The summed E-state index contributed by atoms with van der Waals surface area (Å²) in [6.07, 6.45) is 0.0868. The van der Waals surface area contributed by atoms with E-state index in [0.717, 1.165) is 6.42 Å². The molecule has 3 aromatic rings. The van der Waals surface area contributed by atoms with E-state index in [4.69, 9.17) is 0 Å². The number of halogens is 3. The third-order valence-electron chi connectivity index (χ3n) is 5.82. The summed E-state index contributed by atoms with van der Waals surface area (Å²) in [7, 11) is 0. The molecule has 2 unspecified atom stereocenters. The molecule has 2 aliphatic rings. The van der Waals surface area contributed by atoms with Crippen molar-refractivity contribution in [2.75, 3.05) is 0 Å². The Balaban J connectivity index is 1.79. The summed E-state index contributed by atoms with van der Waals surface area (Å²) >= 11 is 0. The first-order valence-corrected chi connectivity index (χ1v) is 8.77. The maximum absolute atomic E-state index is 13.3. The van der Waals surface area contributed by atoms with Crippen molar-refractivity contribution in [3.05, 3.63) is 63.0 Å². The fourth-order valence-electron chi connectivity index (χ4n) is 4.60. The number of aromatic nitrogens is 2. The number of hydrogen-bond acceptors (Lipinski definition) is 3. The number of nitrogens with one attached hydrogen (secondary N) is 1. The van der Waals surface area contributed by atoms with Crippen LogP contribution in [0.5, 0.6) is 11.8 Å². The van der Waals surface area contributed by atoms with Gasteiger partial charge < -0.3 is 15.2 Å². The molecule has 0 saturated carbocycles. The third kappa shape index (κ3) is 2.05. The largest absolute Gasteiger partial charge is 0.494 e. The van der Waals surface area contributed by atoms with E-state index in [1.165, 1.54) is 16.7 Å². The van der Waals surface area contributed by atoms with Gasteiger partial charge in [-0.05, 0) is 25.0 Å². The van der Waals surface area contributed by atoms with Crippen LogP contribution in [-0.2, 0) is 6.18 Å². The molecule has 28 heavy (non-hydrogen) atoms. The number of rotatable bonds is 1. The van der Waals surface area contributed by atoms with Crippen LogP contribution in [0.15, 0.2) is 35.1 Å². The number of aromatic hydroxyl groups is 2. The van der Waals surface area contributed by atoms with Crippen LogP contribution in [0.3, 0.4) is 0 Å². The van der Waals surface area contributed by atoms with Crippen molar-refractivity contribution in [3.63, 3.8) is 0 Å². The first-order chi connectivity index (χ1) is 13.2. The van der Waals surface area contributed by atoms with Crippen molar-refractivity contribution in [2.45, 2.75) is 31.4 Å². The fourth-order valence-corrected chi connectivity index (χ4v) is 4.60. The number of fused-ring (bicyclic) bond motifs is 6. The maximum atomic E-state index is 13.3. The first-order valence-electron chi connectivity index (χ1n) is 8.77. The molecule has 8 heteroatoms. The Kier molecular flexibility index (Phi) is 3.16. The molecule has 2 heterocycles. The number of hydrogen-bond donors (Lipinski definition) is 3. The highest BCUT2D eigenvalue weighted by Gasteiger charge is 2.41. The summed E-state index contributed by atoms with van der Waals surface area (Å²) in [4.78, 5) is 14.3. The number of benzene rings is 1. The van der Waals surface area contributed by atoms with Gasteiger partial charge in [-0.2, -0.15) is 13.2 Å². The highest BCUT2D eigenvalue weighted by Crippen LogP contribution is 2.57. The van der Waals surface area contributed by atoms with Crippen LogP contribution >= 0.6 is 0 Å². The minimum Gasteiger partial charge on any atom is -0.494 e. The molecule has 5 nitrogen and oxygen atoms in total. The Bertz CT molecular complexity index is 1220. The maximum Gasteiger partial charge on any atom is 0.417 e. The van der Waals surface area contributed by atoms with Gasteiger partial charge in [-0.15, -0.1) is 0 Å². The number of pyridine rings is 1. The second-order valence-electron chi connectivity index (χ2n) is 7.32. The van der Waals surface area contributed by atoms with Crippen LogP contribution in [0.4, 0.5) is 13.2 Å². The zero-order valence-electron chi connectivity index (χ0n) is 14.6. The van der Waals surface area contributed by atoms with E-state index in [1.54, 1.807) is 6.92 Å². The van der Waals surface area contributed by atoms with Gasteiger partial charge in [0, 0.05) is 34.4 Å². The standard InChI is InChI=1S/C20H15F3N2O3/c1-8-13(5-4-11-12(20(21,22)23)7-14(26)24-17(8)11)25-18(27)15-9-2-3-10(6-9)16(15)19(25)28/h2-5,7,9-10,27-28H,6H2,1H3,(H,24,26). The van der Waals surface area contributed by atoms with Gasteiger partial charge in [0.15, 0.2) is 0 Å². The molecular formula is C20H15F3N2O3. The predicted molar refractivity (Wildman–Crippen MR) is 96.2 cm³/mol. The van der Waals surface area contributed by atoms with Crippen molar-refractivity contribution < 1.29 is 23.4 Å². The summed E-state index contributed by atoms with van der Waals surface area (Å²) in [5.74, 6) is -0.212. The lowest BCUT2D eigenvalue weighted by molar-refractivity contribution is -0.136. The number of nitrogens with zero attached hydrogens (tertiary/aromatic N) is 1. The molecule has 2 bridgehead atoms. The van der Waals surface area contributed by atoms with Crippen LogP contribution in [0.1, 0.15) is 40.5 Å². The fraction of sp³-hybridized carbons (Fsp3) is 0.250. The van der Waals surface area contributed by atoms with Gasteiger partial charge in [-0.1, -0.05) is 18.2 Å². The number of aryl methyl sites for hydroxylation is 1. The normalized spacial score (nSPS) is 20.3. The van der Waals surface area contributed by atoms with Gasteiger partial charge in [0.2, 0.25) is 17.3 Å². The molecule has 0 amide bonds. The van der Waals surface area contributed by atoms with E-state index in [9.17, 15) is 28.2 Å². The molecule has 2 atom stereocenters. The van der Waals surface area contributed by atoms with Crippen molar-refractivity contribution in [2.24, 2.45) is 0 Å². The number of aromatic amines is 1. The molecular weight excluding hydrogens is 373 g/mol. The molecule has 0 saturated heterocycles. The van der Waals surface area contributed by atoms with Gasteiger partial charge in [0.25, 0.3) is 0 Å². The highest BCUT2D eigenvalue weighted by atomic mass is 19.4. The third-order valence-corrected chi connectivity index (χ3v) is 5.82. The molecule has 0 fully saturated rings. The highest BCUT2D eigenvalue weighted by molar-refractivity contribution is 5.88. The van der Waals surface area contributed by atoms with Gasteiger partial charge >= 0.3 is 6.18 Å². The number of H-pyrrole nitrogens is 1. The Hall–Kier alpha value is -3.16. The van der Waals surface area contributed by atoms with E-state index < -0.39 is 17.3 Å². The van der Waals surface area contributed by atoms with Gasteiger partial charge in [-0.25, -0.2) is 0 Å². The Morgan fingerprint density at radius 1 is 1.11 bits per heavy atom. The zero-order chi connectivity index (χ0) is 20.0. The Morgan fingerprint density at radius 3 is 2.29 bits per heavy atom. The van der Waals surface area contributed by atoms with E-state index in [2.05, 4.69) is 4.98 Å². The van der Waals surface area contributed by atoms with Crippen LogP contribution in [0.25, 0.3) is 16.6 Å². The molecule has 1 aromatic carbocycles. The second kappa shape index (κ2) is 5.21. The van der Waals surface area contributed by atoms with Crippen molar-refractivity contribution >= 4 is 10.9 Å².